The Balaban J connectivity index is 2.47. The second-order valence-electron chi connectivity index (χ2n) is 4.65. The van der Waals surface area contributed by atoms with Crippen molar-refractivity contribution >= 4 is 16.5 Å². The number of nitriles is 1. The maximum atomic E-state index is 14.8. The van der Waals surface area contributed by atoms with Crippen molar-refractivity contribution in [3.05, 3.63) is 65.7 Å². The number of nitrogens with two attached hydrogens (primary N) is 1. The molecule has 0 bridgehead atoms. The van der Waals surface area contributed by atoms with Gasteiger partial charge in [0.15, 0.2) is 0 Å². The molecule has 3 rings (SSSR count). The molecule has 4 heteroatoms. The highest BCUT2D eigenvalue weighted by Crippen LogP contribution is 2.37. The van der Waals surface area contributed by atoms with Gasteiger partial charge in [0, 0.05) is 16.3 Å². The zero-order valence-corrected chi connectivity index (χ0v) is 10.9. The molecule has 0 aliphatic carbocycles. The fourth-order valence-corrected chi connectivity index (χ4v) is 2.46. The van der Waals surface area contributed by atoms with E-state index in [9.17, 15) is 14.0 Å². The molecule has 0 aliphatic rings. The summed E-state index contributed by atoms with van der Waals surface area (Å²) in [7, 11) is 0. The van der Waals surface area contributed by atoms with E-state index < -0.39 is 11.6 Å². The molecule has 3 aromatic rings. The van der Waals surface area contributed by atoms with Gasteiger partial charge in [-0.1, -0.05) is 36.4 Å². The van der Waals surface area contributed by atoms with Gasteiger partial charge in [0.05, 0.1) is 11.3 Å². The predicted octanol–water partition coefficient (Wildman–Crippen LogP) is 4.24. The van der Waals surface area contributed by atoms with Gasteiger partial charge < -0.3 is 5.73 Å². The van der Waals surface area contributed by atoms with Gasteiger partial charge in [0.25, 0.3) is 0 Å². The molecule has 3 aromatic carbocycles. The fraction of sp³-hybridized carbons (Fsp3) is 0. The summed E-state index contributed by atoms with van der Waals surface area (Å²) in [4.78, 5) is 0. The van der Waals surface area contributed by atoms with Crippen molar-refractivity contribution < 1.29 is 8.78 Å². The van der Waals surface area contributed by atoms with Crippen LogP contribution >= 0.6 is 0 Å². The molecular weight excluding hydrogens is 270 g/mol. The van der Waals surface area contributed by atoms with E-state index in [1.54, 1.807) is 30.3 Å². The topological polar surface area (TPSA) is 49.8 Å². The second-order valence-corrected chi connectivity index (χ2v) is 4.65. The van der Waals surface area contributed by atoms with Gasteiger partial charge in [-0.3, -0.25) is 0 Å². The molecule has 0 radical (unpaired) electrons. The number of anilines is 1. The normalized spacial score (nSPS) is 10.5. The first-order chi connectivity index (χ1) is 10.1. The number of fused-ring (bicyclic) bond motifs is 1. The van der Waals surface area contributed by atoms with Crippen molar-refractivity contribution in [1.82, 2.24) is 0 Å². The highest BCUT2D eigenvalue weighted by molar-refractivity contribution is 6.00. The van der Waals surface area contributed by atoms with Gasteiger partial charge in [-0.25, -0.2) is 8.78 Å². The fourth-order valence-electron chi connectivity index (χ4n) is 2.46. The van der Waals surface area contributed by atoms with Crippen LogP contribution in [-0.2, 0) is 0 Å². The van der Waals surface area contributed by atoms with Crippen LogP contribution in [0.15, 0.2) is 48.5 Å². The Labute approximate surface area is 120 Å². The molecule has 0 saturated heterocycles. The molecule has 2 N–H and O–H groups in total. The average molecular weight is 280 g/mol. The van der Waals surface area contributed by atoms with Crippen LogP contribution in [-0.4, -0.2) is 0 Å². The summed E-state index contributed by atoms with van der Waals surface area (Å²) in [5.41, 5.74) is 6.56. The Kier molecular flexibility index (Phi) is 3.03. The van der Waals surface area contributed by atoms with Crippen molar-refractivity contribution in [1.29, 1.82) is 5.26 Å². The third-order valence-electron chi connectivity index (χ3n) is 3.42. The van der Waals surface area contributed by atoms with Crippen LogP contribution in [0.25, 0.3) is 21.9 Å². The summed E-state index contributed by atoms with van der Waals surface area (Å²) < 4.78 is 28.1. The first kappa shape index (κ1) is 13.1. The lowest BCUT2D eigenvalue weighted by molar-refractivity contribution is 0.627. The first-order valence-corrected chi connectivity index (χ1v) is 6.29. The zero-order chi connectivity index (χ0) is 15.0. The lowest BCUT2D eigenvalue weighted by atomic mass is 9.94. The van der Waals surface area contributed by atoms with Crippen LogP contribution in [0.1, 0.15) is 5.56 Å². The highest BCUT2D eigenvalue weighted by atomic mass is 19.1. The van der Waals surface area contributed by atoms with E-state index in [0.29, 0.717) is 16.3 Å². The van der Waals surface area contributed by atoms with Gasteiger partial charge in [-0.15, -0.1) is 0 Å². The number of halogens is 2. The molecule has 21 heavy (non-hydrogen) atoms. The molecule has 102 valence electrons. The van der Waals surface area contributed by atoms with Crippen molar-refractivity contribution in [3.63, 3.8) is 0 Å². The third-order valence-corrected chi connectivity index (χ3v) is 3.42. The Morgan fingerprint density at radius 2 is 1.67 bits per heavy atom. The maximum Gasteiger partial charge on any atom is 0.141 e. The van der Waals surface area contributed by atoms with Crippen molar-refractivity contribution in [2.24, 2.45) is 0 Å². The Hall–Kier alpha value is -2.93. The van der Waals surface area contributed by atoms with E-state index in [0.717, 1.165) is 0 Å². The van der Waals surface area contributed by atoms with E-state index in [-0.39, 0.29) is 16.8 Å². The largest absolute Gasteiger partial charge is 0.397 e. The molecule has 0 atom stereocenters. The molecule has 0 amide bonds. The molecular formula is C17H10F2N2. The minimum absolute atomic E-state index is 0.0271. The predicted molar refractivity (Wildman–Crippen MR) is 78.4 cm³/mol. The van der Waals surface area contributed by atoms with Crippen LogP contribution in [0.4, 0.5) is 14.5 Å². The molecule has 0 aromatic heterocycles. The summed E-state index contributed by atoms with van der Waals surface area (Å²) in [6.07, 6.45) is 0. The van der Waals surface area contributed by atoms with E-state index >= 15 is 0 Å². The van der Waals surface area contributed by atoms with Crippen molar-refractivity contribution in [2.45, 2.75) is 0 Å². The van der Waals surface area contributed by atoms with Gasteiger partial charge in [-0.2, -0.15) is 5.26 Å². The van der Waals surface area contributed by atoms with E-state index in [1.807, 2.05) is 6.07 Å². The summed E-state index contributed by atoms with van der Waals surface area (Å²) in [5.74, 6) is -1.04. The number of hydrogen-bond donors (Lipinski definition) is 1. The molecule has 0 aliphatic heterocycles. The van der Waals surface area contributed by atoms with Crippen LogP contribution < -0.4 is 5.73 Å². The number of benzene rings is 3. The standard InChI is InChI=1S/C17H10F2N2/c18-11-5-3-4-10(8-11)15-16(19)13-7-2-1-6-12(13)14(9-20)17(15)21/h1-8H,21H2. The highest BCUT2D eigenvalue weighted by Gasteiger charge is 2.19. The summed E-state index contributed by atoms with van der Waals surface area (Å²) in [6.45, 7) is 0. The molecule has 2 nitrogen and oxygen atoms in total. The number of rotatable bonds is 1. The Morgan fingerprint density at radius 1 is 0.952 bits per heavy atom. The third kappa shape index (κ3) is 2.00. The minimum Gasteiger partial charge on any atom is -0.397 e. The maximum absolute atomic E-state index is 14.8. The van der Waals surface area contributed by atoms with Crippen LogP contribution in [0, 0.1) is 23.0 Å². The van der Waals surface area contributed by atoms with Gasteiger partial charge in [-0.05, 0) is 17.7 Å². The van der Waals surface area contributed by atoms with Gasteiger partial charge in [0.2, 0.25) is 0 Å². The molecule has 0 heterocycles. The van der Waals surface area contributed by atoms with Crippen LogP contribution in [0.3, 0.4) is 0 Å². The average Bonchev–Trinajstić information content (AvgIpc) is 2.48. The van der Waals surface area contributed by atoms with E-state index in [2.05, 4.69) is 0 Å². The summed E-state index contributed by atoms with van der Waals surface area (Å²) >= 11 is 0. The number of hydrogen-bond acceptors (Lipinski definition) is 2. The SMILES string of the molecule is N#Cc1c(N)c(-c2cccc(F)c2)c(F)c2ccccc12. The van der Waals surface area contributed by atoms with E-state index in [1.165, 1.54) is 18.2 Å². The monoisotopic (exact) mass is 280 g/mol. The smallest absolute Gasteiger partial charge is 0.141 e. The Bertz CT molecular complexity index is 895. The summed E-state index contributed by atoms with van der Waals surface area (Å²) in [6, 6.07) is 14.1. The van der Waals surface area contributed by atoms with Crippen molar-refractivity contribution in [2.75, 3.05) is 5.73 Å². The van der Waals surface area contributed by atoms with Crippen LogP contribution in [0.2, 0.25) is 0 Å². The molecule has 0 fully saturated rings. The molecule has 0 unspecified atom stereocenters. The van der Waals surface area contributed by atoms with Crippen molar-refractivity contribution in [3.8, 4) is 17.2 Å². The van der Waals surface area contributed by atoms with Gasteiger partial charge in [0.1, 0.15) is 17.7 Å². The first-order valence-electron chi connectivity index (χ1n) is 6.29. The summed E-state index contributed by atoms with van der Waals surface area (Å²) in [5, 5.41) is 10.1. The molecule has 0 saturated carbocycles. The van der Waals surface area contributed by atoms with Gasteiger partial charge >= 0.3 is 0 Å². The Morgan fingerprint density at radius 3 is 2.33 bits per heavy atom. The quantitative estimate of drug-likeness (QED) is 0.678. The zero-order valence-electron chi connectivity index (χ0n) is 10.9. The van der Waals surface area contributed by atoms with Crippen LogP contribution in [0.5, 0.6) is 0 Å². The van der Waals surface area contributed by atoms with E-state index in [4.69, 9.17) is 5.73 Å². The molecule has 0 spiro atoms. The lowest BCUT2D eigenvalue weighted by Crippen LogP contribution is -2.00. The number of nitrogens with zero attached hydrogens (tertiary/aromatic N) is 1. The number of nitrogen functional groups attached to an aromatic ring is 1. The minimum atomic E-state index is -0.548. The lowest BCUT2D eigenvalue weighted by Gasteiger charge is -2.13. The second kappa shape index (κ2) is 4.88.